The lowest BCUT2D eigenvalue weighted by atomic mass is 9.95. The van der Waals surface area contributed by atoms with E-state index in [-0.39, 0.29) is 30.3 Å². The number of nitrogens with zero attached hydrogens (tertiary/aromatic N) is 3. The Morgan fingerprint density at radius 3 is 2.64 bits per heavy atom. The largest absolute Gasteiger partial charge is 0.469 e. The lowest BCUT2D eigenvalue weighted by molar-refractivity contribution is -0.125. The van der Waals surface area contributed by atoms with Crippen LogP contribution >= 0.6 is 0 Å². The van der Waals surface area contributed by atoms with Crippen LogP contribution in [0.4, 0.5) is 11.4 Å². The second-order valence-corrected chi connectivity index (χ2v) is 9.01. The van der Waals surface area contributed by atoms with Crippen molar-refractivity contribution in [2.24, 2.45) is 0 Å². The van der Waals surface area contributed by atoms with Crippen LogP contribution in [0, 0.1) is 0 Å². The molecule has 1 aromatic heterocycles. The zero-order chi connectivity index (χ0) is 22.8. The van der Waals surface area contributed by atoms with Crippen LogP contribution in [0.25, 0.3) is 0 Å². The second-order valence-electron chi connectivity index (χ2n) is 9.01. The van der Waals surface area contributed by atoms with E-state index in [1.165, 1.54) is 0 Å². The van der Waals surface area contributed by atoms with Crippen molar-refractivity contribution in [1.29, 1.82) is 0 Å². The van der Waals surface area contributed by atoms with Crippen LogP contribution in [-0.2, 0) is 16.0 Å². The van der Waals surface area contributed by atoms with Gasteiger partial charge in [0, 0.05) is 38.2 Å². The first-order valence-corrected chi connectivity index (χ1v) is 11.9. The Morgan fingerprint density at radius 1 is 1.03 bits per heavy atom. The molecule has 1 N–H and O–H groups in total. The highest BCUT2D eigenvalue weighted by molar-refractivity contribution is 6.09. The van der Waals surface area contributed by atoms with Crippen LogP contribution < -0.4 is 15.1 Å². The van der Waals surface area contributed by atoms with Crippen LogP contribution in [0.2, 0.25) is 0 Å². The Bertz CT molecular complexity index is 1030. The molecule has 3 amide bonds. The third-order valence-corrected chi connectivity index (χ3v) is 6.85. The predicted molar refractivity (Wildman–Crippen MR) is 124 cm³/mol. The standard InChI is InChI=1S/C25H30N4O4/c30-23(26-11-10-19-6-5-15-33-19)17-29-22-16-18(24(31)27-12-3-4-13-27)8-9-20(22)28-14-2-1-7-21(28)25(29)32/h5-6,8-9,15-16,21H,1-4,7,10-14,17H2,(H,26,30)/t21-/m0/s1. The lowest BCUT2D eigenvalue weighted by Gasteiger charge is -2.45. The van der Waals surface area contributed by atoms with Gasteiger partial charge in [-0.2, -0.15) is 0 Å². The van der Waals surface area contributed by atoms with Crippen molar-refractivity contribution in [3.8, 4) is 0 Å². The highest BCUT2D eigenvalue weighted by atomic mass is 16.3. The van der Waals surface area contributed by atoms with Crippen molar-refractivity contribution < 1.29 is 18.8 Å². The molecule has 2 fully saturated rings. The Balaban J connectivity index is 1.37. The molecule has 1 aromatic carbocycles. The summed E-state index contributed by atoms with van der Waals surface area (Å²) >= 11 is 0. The molecular formula is C25H30N4O4. The first kappa shape index (κ1) is 21.6. The number of likely N-dealkylation sites (tertiary alicyclic amines) is 1. The van der Waals surface area contributed by atoms with Gasteiger partial charge in [0.2, 0.25) is 11.8 Å². The van der Waals surface area contributed by atoms with Gasteiger partial charge in [-0.1, -0.05) is 0 Å². The van der Waals surface area contributed by atoms with E-state index in [4.69, 9.17) is 4.42 Å². The number of fused-ring (bicyclic) bond motifs is 3. The zero-order valence-electron chi connectivity index (χ0n) is 18.8. The first-order valence-electron chi connectivity index (χ1n) is 11.9. The highest BCUT2D eigenvalue weighted by Crippen LogP contribution is 2.40. The van der Waals surface area contributed by atoms with E-state index in [1.807, 2.05) is 29.2 Å². The number of piperidine rings is 1. The Kier molecular flexibility index (Phi) is 6.07. The number of amides is 3. The fourth-order valence-electron chi connectivity index (χ4n) is 5.14. The topological polar surface area (TPSA) is 86.1 Å². The Hall–Kier alpha value is -3.29. The Morgan fingerprint density at radius 2 is 1.85 bits per heavy atom. The summed E-state index contributed by atoms with van der Waals surface area (Å²) in [6, 6.07) is 9.05. The molecule has 0 radical (unpaired) electrons. The molecule has 1 atom stereocenters. The highest BCUT2D eigenvalue weighted by Gasteiger charge is 2.40. The number of benzene rings is 1. The van der Waals surface area contributed by atoms with Gasteiger partial charge in [-0.05, 0) is 62.4 Å². The maximum atomic E-state index is 13.4. The summed E-state index contributed by atoms with van der Waals surface area (Å²) in [5.41, 5.74) is 2.16. The van der Waals surface area contributed by atoms with Crippen molar-refractivity contribution in [3.05, 3.63) is 47.9 Å². The number of carbonyl (C=O) groups excluding carboxylic acids is 3. The van der Waals surface area contributed by atoms with E-state index in [2.05, 4.69) is 10.2 Å². The minimum absolute atomic E-state index is 0.00799. The van der Waals surface area contributed by atoms with E-state index >= 15 is 0 Å². The summed E-state index contributed by atoms with van der Waals surface area (Å²) < 4.78 is 5.31. The smallest absolute Gasteiger partial charge is 0.253 e. The molecule has 3 aliphatic rings. The minimum Gasteiger partial charge on any atom is -0.469 e. The van der Waals surface area contributed by atoms with Crippen molar-refractivity contribution in [2.75, 3.05) is 42.5 Å². The molecule has 5 rings (SSSR count). The van der Waals surface area contributed by atoms with Gasteiger partial charge in [-0.3, -0.25) is 19.3 Å². The van der Waals surface area contributed by atoms with Crippen molar-refractivity contribution in [3.63, 3.8) is 0 Å². The molecule has 4 heterocycles. The number of hydrogen-bond acceptors (Lipinski definition) is 5. The van der Waals surface area contributed by atoms with Crippen LogP contribution in [0.5, 0.6) is 0 Å². The van der Waals surface area contributed by atoms with E-state index < -0.39 is 0 Å². The minimum atomic E-state index is -0.248. The summed E-state index contributed by atoms with van der Waals surface area (Å²) in [5.74, 6) is 0.513. The van der Waals surface area contributed by atoms with Gasteiger partial charge >= 0.3 is 0 Å². The summed E-state index contributed by atoms with van der Waals surface area (Å²) in [7, 11) is 0. The average molecular weight is 451 g/mol. The fraction of sp³-hybridized carbons (Fsp3) is 0.480. The molecular weight excluding hydrogens is 420 g/mol. The van der Waals surface area contributed by atoms with Gasteiger partial charge in [0.1, 0.15) is 18.3 Å². The normalized spacial score (nSPS) is 19.9. The summed E-state index contributed by atoms with van der Waals surface area (Å²) in [6.45, 7) is 2.72. The van der Waals surface area contributed by atoms with Gasteiger partial charge in [-0.25, -0.2) is 0 Å². The molecule has 33 heavy (non-hydrogen) atoms. The molecule has 0 bridgehead atoms. The molecule has 8 heteroatoms. The third-order valence-electron chi connectivity index (χ3n) is 6.85. The lowest BCUT2D eigenvalue weighted by Crippen LogP contribution is -2.57. The number of anilines is 2. The Labute approximate surface area is 193 Å². The summed E-state index contributed by atoms with van der Waals surface area (Å²) in [4.78, 5) is 44.8. The van der Waals surface area contributed by atoms with Gasteiger partial charge in [0.15, 0.2) is 0 Å². The van der Waals surface area contributed by atoms with Gasteiger partial charge < -0.3 is 19.5 Å². The first-order chi connectivity index (χ1) is 16.1. The second kappa shape index (κ2) is 9.29. The van der Waals surface area contributed by atoms with Gasteiger partial charge in [0.05, 0.1) is 17.6 Å². The van der Waals surface area contributed by atoms with Crippen LogP contribution in [-0.4, -0.2) is 61.4 Å². The molecule has 0 spiro atoms. The monoisotopic (exact) mass is 450 g/mol. The number of hydrogen-bond donors (Lipinski definition) is 1. The molecule has 0 unspecified atom stereocenters. The predicted octanol–water partition coefficient (Wildman–Crippen LogP) is 2.58. The van der Waals surface area contributed by atoms with Crippen molar-refractivity contribution in [1.82, 2.24) is 10.2 Å². The number of furan rings is 1. The quantitative estimate of drug-likeness (QED) is 0.731. The van der Waals surface area contributed by atoms with Gasteiger partial charge in [-0.15, -0.1) is 0 Å². The molecule has 0 saturated carbocycles. The number of nitrogens with one attached hydrogen (secondary N) is 1. The third kappa shape index (κ3) is 4.34. The maximum absolute atomic E-state index is 13.4. The van der Waals surface area contributed by atoms with Crippen molar-refractivity contribution >= 4 is 29.1 Å². The van der Waals surface area contributed by atoms with E-state index in [1.54, 1.807) is 17.2 Å². The fourth-order valence-corrected chi connectivity index (χ4v) is 5.14. The van der Waals surface area contributed by atoms with Crippen LogP contribution in [0.3, 0.4) is 0 Å². The van der Waals surface area contributed by atoms with E-state index in [9.17, 15) is 14.4 Å². The van der Waals surface area contributed by atoms with E-state index in [0.717, 1.165) is 63.2 Å². The SMILES string of the molecule is O=C(CN1C(=O)[C@@H]2CCCCN2c2ccc(C(=O)N3CCCC3)cc21)NCCc1ccco1. The summed E-state index contributed by atoms with van der Waals surface area (Å²) in [5, 5.41) is 2.89. The zero-order valence-corrected chi connectivity index (χ0v) is 18.8. The van der Waals surface area contributed by atoms with Crippen molar-refractivity contribution in [2.45, 2.75) is 44.6 Å². The molecule has 3 aliphatic heterocycles. The molecule has 0 aliphatic carbocycles. The van der Waals surface area contributed by atoms with E-state index in [0.29, 0.717) is 24.2 Å². The number of carbonyl (C=O) groups is 3. The molecule has 2 saturated heterocycles. The average Bonchev–Trinajstić information content (AvgIpc) is 3.56. The van der Waals surface area contributed by atoms with Crippen LogP contribution in [0.15, 0.2) is 41.0 Å². The summed E-state index contributed by atoms with van der Waals surface area (Å²) in [6.07, 6.45) is 7.06. The van der Waals surface area contributed by atoms with Gasteiger partial charge in [0.25, 0.3) is 5.91 Å². The van der Waals surface area contributed by atoms with Crippen LogP contribution in [0.1, 0.15) is 48.2 Å². The maximum Gasteiger partial charge on any atom is 0.253 e. The molecule has 174 valence electrons. The molecule has 2 aromatic rings. The number of rotatable bonds is 6. The molecule has 8 nitrogen and oxygen atoms in total.